The summed E-state index contributed by atoms with van der Waals surface area (Å²) in [5, 5.41) is 3.67. The summed E-state index contributed by atoms with van der Waals surface area (Å²) < 4.78 is 0. The Morgan fingerprint density at radius 1 is 0.889 bits per heavy atom. The molecule has 0 unspecified atom stereocenters. The summed E-state index contributed by atoms with van der Waals surface area (Å²) in [6.45, 7) is 0. The van der Waals surface area contributed by atoms with E-state index in [0.717, 1.165) is 11.4 Å². The van der Waals surface area contributed by atoms with Gasteiger partial charge in [-0.25, -0.2) is 5.84 Å². The van der Waals surface area contributed by atoms with Crippen molar-refractivity contribution < 1.29 is 0 Å². The molecule has 92 valence electrons. The highest BCUT2D eigenvalue weighted by Gasteiger charge is 2.14. The van der Waals surface area contributed by atoms with E-state index in [1.54, 1.807) is 0 Å². The zero-order valence-electron chi connectivity index (χ0n) is 9.82. The van der Waals surface area contributed by atoms with Crippen molar-refractivity contribution in [1.82, 2.24) is 5.43 Å². The predicted molar refractivity (Wildman–Crippen MR) is 74.0 cm³/mol. The van der Waals surface area contributed by atoms with Gasteiger partial charge < -0.3 is 5.84 Å². The SMILES string of the molecule is NN=C(NN)N(c1ccccc1)c1ccccc1. The molecule has 2 rings (SSSR count). The number of anilines is 2. The van der Waals surface area contributed by atoms with Gasteiger partial charge in [0.25, 0.3) is 0 Å². The van der Waals surface area contributed by atoms with E-state index in [1.807, 2.05) is 65.6 Å². The molecule has 0 amide bonds. The lowest BCUT2D eigenvalue weighted by Crippen LogP contribution is -2.43. The van der Waals surface area contributed by atoms with Gasteiger partial charge in [-0.3, -0.25) is 10.3 Å². The second-order valence-electron chi connectivity index (χ2n) is 3.60. The molecule has 18 heavy (non-hydrogen) atoms. The molecule has 0 spiro atoms. The quantitative estimate of drug-likeness (QED) is 0.322. The van der Waals surface area contributed by atoms with Crippen LogP contribution in [0.15, 0.2) is 65.8 Å². The van der Waals surface area contributed by atoms with Crippen molar-refractivity contribution in [2.75, 3.05) is 4.90 Å². The van der Waals surface area contributed by atoms with Crippen LogP contribution >= 0.6 is 0 Å². The first-order chi connectivity index (χ1) is 8.86. The van der Waals surface area contributed by atoms with Crippen LogP contribution in [0, 0.1) is 0 Å². The second-order valence-corrected chi connectivity index (χ2v) is 3.60. The standard InChI is InChI=1S/C13H15N5/c14-16-13(17-15)18(11-7-3-1-4-8-11)12-9-5-2-6-10-12/h1-10H,14-15H2,(H,16,17). The summed E-state index contributed by atoms with van der Waals surface area (Å²) >= 11 is 0. The Balaban J connectivity index is 2.48. The first-order valence-corrected chi connectivity index (χ1v) is 5.51. The Labute approximate surface area is 106 Å². The van der Waals surface area contributed by atoms with Crippen molar-refractivity contribution in [3.63, 3.8) is 0 Å². The molecular weight excluding hydrogens is 226 g/mol. The number of para-hydroxylation sites is 2. The van der Waals surface area contributed by atoms with Crippen molar-refractivity contribution in [3.8, 4) is 0 Å². The first kappa shape index (κ1) is 11.9. The molecular formula is C13H15N5. The highest BCUT2D eigenvalue weighted by atomic mass is 15.4. The lowest BCUT2D eigenvalue weighted by atomic mass is 10.2. The number of hydrazone groups is 1. The third kappa shape index (κ3) is 2.41. The van der Waals surface area contributed by atoms with E-state index in [1.165, 1.54) is 0 Å². The van der Waals surface area contributed by atoms with Crippen LogP contribution in [0.25, 0.3) is 0 Å². The summed E-state index contributed by atoms with van der Waals surface area (Å²) in [6.07, 6.45) is 0. The minimum Gasteiger partial charge on any atom is -0.320 e. The highest BCUT2D eigenvalue weighted by Crippen LogP contribution is 2.24. The number of nitrogens with two attached hydrogens (primary N) is 2. The highest BCUT2D eigenvalue weighted by molar-refractivity contribution is 6.02. The summed E-state index contributed by atoms with van der Waals surface area (Å²) in [4.78, 5) is 1.83. The third-order valence-corrected chi connectivity index (χ3v) is 2.49. The maximum atomic E-state index is 5.46. The number of nitrogens with zero attached hydrogens (tertiary/aromatic N) is 2. The molecule has 2 aromatic carbocycles. The molecule has 0 saturated carbocycles. The number of nitrogens with one attached hydrogen (secondary N) is 1. The van der Waals surface area contributed by atoms with E-state index in [0.29, 0.717) is 5.96 Å². The second kappa shape index (κ2) is 5.70. The molecule has 5 nitrogen and oxygen atoms in total. The van der Waals surface area contributed by atoms with Gasteiger partial charge in [0.1, 0.15) is 0 Å². The van der Waals surface area contributed by atoms with Gasteiger partial charge >= 0.3 is 0 Å². The van der Waals surface area contributed by atoms with Crippen molar-refractivity contribution in [3.05, 3.63) is 60.7 Å². The largest absolute Gasteiger partial charge is 0.320 e. The van der Waals surface area contributed by atoms with Gasteiger partial charge in [0.05, 0.1) is 0 Å². The minimum absolute atomic E-state index is 0.368. The molecule has 0 aromatic heterocycles. The Kier molecular flexibility index (Phi) is 3.78. The Hall–Kier alpha value is -2.53. The third-order valence-electron chi connectivity index (χ3n) is 2.49. The van der Waals surface area contributed by atoms with E-state index >= 15 is 0 Å². The van der Waals surface area contributed by atoms with Gasteiger partial charge in [-0.15, -0.1) is 5.10 Å². The van der Waals surface area contributed by atoms with Gasteiger partial charge in [0.15, 0.2) is 0 Å². The number of hydrogen-bond acceptors (Lipinski definition) is 3. The molecule has 0 bridgehead atoms. The average Bonchev–Trinajstić information content (AvgIpc) is 2.46. The molecule has 0 heterocycles. The van der Waals surface area contributed by atoms with Crippen LogP contribution < -0.4 is 22.0 Å². The maximum Gasteiger partial charge on any atom is 0.239 e. The molecule has 0 aliphatic rings. The summed E-state index contributed by atoms with van der Waals surface area (Å²) in [5.74, 6) is 11.2. The fourth-order valence-electron chi connectivity index (χ4n) is 1.71. The van der Waals surface area contributed by atoms with E-state index < -0.39 is 0 Å². The van der Waals surface area contributed by atoms with E-state index in [-0.39, 0.29) is 0 Å². The number of guanidine groups is 1. The molecule has 0 radical (unpaired) electrons. The molecule has 0 aliphatic heterocycles. The molecule has 0 fully saturated rings. The van der Waals surface area contributed by atoms with Crippen molar-refractivity contribution in [2.24, 2.45) is 16.8 Å². The molecule has 2 aromatic rings. The fraction of sp³-hybridized carbons (Fsp3) is 0. The van der Waals surface area contributed by atoms with Gasteiger partial charge in [-0.05, 0) is 24.3 Å². The first-order valence-electron chi connectivity index (χ1n) is 5.51. The Morgan fingerprint density at radius 2 is 1.33 bits per heavy atom. The summed E-state index contributed by atoms with van der Waals surface area (Å²) in [6, 6.07) is 19.5. The van der Waals surface area contributed by atoms with E-state index in [9.17, 15) is 0 Å². The van der Waals surface area contributed by atoms with Crippen LogP contribution in [0.1, 0.15) is 0 Å². The van der Waals surface area contributed by atoms with Crippen LogP contribution in [0.4, 0.5) is 11.4 Å². The zero-order valence-corrected chi connectivity index (χ0v) is 9.82. The monoisotopic (exact) mass is 241 g/mol. The Morgan fingerprint density at radius 3 is 1.67 bits per heavy atom. The molecule has 5 N–H and O–H groups in total. The van der Waals surface area contributed by atoms with Crippen LogP contribution in [-0.4, -0.2) is 5.96 Å². The topological polar surface area (TPSA) is 79.7 Å². The van der Waals surface area contributed by atoms with Crippen LogP contribution in [-0.2, 0) is 0 Å². The molecule has 0 aliphatic carbocycles. The van der Waals surface area contributed by atoms with Crippen molar-refractivity contribution in [1.29, 1.82) is 0 Å². The Bertz CT molecular complexity index is 470. The summed E-state index contributed by atoms with van der Waals surface area (Å²) in [5.41, 5.74) is 4.34. The molecule has 5 heteroatoms. The number of hydrogen-bond donors (Lipinski definition) is 3. The zero-order chi connectivity index (χ0) is 12.8. The van der Waals surface area contributed by atoms with Gasteiger partial charge in [0.2, 0.25) is 5.96 Å². The van der Waals surface area contributed by atoms with E-state index in [4.69, 9.17) is 11.7 Å². The molecule has 0 saturated heterocycles. The smallest absolute Gasteiger partial charge is 0.239 e. The number of rotatable bonds is 2. The maximum absolute atomic E-state index is 5.46. The predicted octanol–water partition coefficient (Wildman–Crippen LogP) is 1.52. The van der Waals surface area contributed by atoms with Crippen LogP contribution in [0.3, 0.4) is 0 Å². The fourth-order valence-corrected chi connectivity index (χ4v) is 1.71. The normalized spacial score (nSPS) is 11.1. The minimum atomic E-state index is 0.368. The van der Waals surface area contributed by atoms with Crippen LogP contribution in [0.2, 0.25) is 0 Å². The number of hydrazine groups is 1. The lowest BCUT2D eigenvalue weighted by Gasteiger charge is -2.24. The molecule has 0 atom stereocenters. The number of benzene rings is 2. The van der Waals surface area contributed by atoms with Gasteiger partial charge in [0, 0.05) is 11.4 Å². The van der Waals surface area contributed by atoms with Gasteiger partial charge in [-0.1, -0.05) is 36.4 Å². The van der Waals surface area contributed by atoms with Crippen molar-refractivity contribution >= 4 is 17.3 Å². The summed E-state index contributed by atoms with van der Waals surface area (Å²) in [7, 11) is 0. The van der Waals surface area contributed by atoms with E-state index in [2.05, 4.69) is 10.5 Å². The average molecular weight is 241 g/mol. The van der Waals surface area contributed by atoms with Crippen molar-refractivity contribution in [2.45, 2.75) is 0 Å². The van der Waals surface area contributed by atoms with Crippen LogP contribution in [0.5, 0.6) is 0 Å². The lowest BCUT2D eigenvalue weighted by molar-refractivity contribution is 0.971. The van der Waals surface area contributed by atoms with Gasteiger partial charge in [-0.2, -0.15) is 0 Å².